The van der Waals surface area contributed by atoms with Crippen molar-refractivity contribution in [2.75, 3.05) is 53.5 Å². The second kappa shape index (κ2) is 29.6. The lowest BCUT2D eigenvalue weighted by Gasteiger charge is -2.23. The molecule has 3 atom stereocenters. The van der Waals surface area contributed by atoms with Crippen molar-refractivity contribution < 1.29 is 47.8 Å². The quantitative estimate of drug-likeness (QED) is 0.0390. The summed E-state index contributed by atoms with van der Waals surface area (Å²) < 4.78 is 9.13. The molecule has 0 spiro atoms. The van der Waals surface area contributed by atoms with E-state index in [2.05, 4.69) is 46.7 Å². The number of methoxy groups -OCH3 is 2. The zero-order valence-electron chi connectivity index (χ0n) is 33.4. The van der Waals surface area contributed by atoms with Gasteiger partial charge >= 0.3 is 12.2 Å². The molecule has 0 fully saturated rings. The zero-order chi connectivity index (χ0) is 41.8. The minimum absolute atomic E-state index is 0.0681. The van der Waals surface area contributed by atoms with Gasteiger partial charge < -0.3 is 63.1 Å². The van der Waals surface area contributed by atoms with E-state index in [9.17, 15) is 38.4 Å². The summed E-state index contributed by atoms with van der Waals surface area (Å²) in [5, 5.41) is 19.2. The van der Waals surface area contributed by atoms with Crippen LogP contribution in [0, 0.1) is 0 Å². The van der Waals surface area contributed by atoms with E-state index in [0.29, 0.717) is 57.9 Å². The predicted molar refractivity (Wildman–Crippen MR) is 204 cm³/mol. The van der Waals surface area contributed by atoms with Gasteiger partial charge in [0.25, 0.3) is 0 Å². The highest BCUT2D eigenvalue weighted by molar-refractivity contribution is 5.90. The van der Waals surface area contributed by atoms with Crippen molar-refractivity contribution >= 4 is 47.6 Å². The van der Waals surface area contributed by atoms with Gasteiger partial charge in [-0.2, -0.15) is 0 Å². The SMILES string of the molecule is COC(=O)NCCCC[C@H](NC(=O)OC)C(=O)NCCC(=O)N(CC(=O)NCCCCC(NC(C)C)C(N)=O)CC(=O)NCCCCC(NC(C)C)C(N)=O. The third kappa shape index (κ3) is 25.9. The molecule has 0 radical (unpaired) electrons. The molecular formula is C35H66N10O10. The van der Waals surface area contributed by atoms with E-state index in [4.69, 9.17) is 11.5 Å². The number of unbranched alkanes of at least 4 members (excludes halogenated alkanes) is 3. The van der Waals surface area contributed by atoms with E-state index < -0.39 is 78.8 Å². The van der Waals surface area contributed by atoms with Crippen LogP contribution in [0.1, 0.15) is 91.9 Å². The molecule has 0 aromatic heterocycles. The molecule has 0 heterocycles. The highest BCUT2D eigenvalue weighted by Crippen LogP contribution is 2.05. The average molecular weight is 787 g/mol. The summed E-state index contributed by atoms with van der Waals surface area (Å²) >= 11 is 0. The van der Waals surface area contributed by atoms with Crippen LogP contribution in [0.15, 0.2) is 0 Å². The summed E-state index contributed by atoms with van der Waals surface area (Å²) in [4.78, 5) is 99.6. The van der Waals surface area contributed by atoms with Crippen LogP contribution in [0.5, 0.6) is 0 Å². The number of alkyl carbamates (subject to hydrolysis) is 2. The maximum Gasteiger partial charge on any atom is 0.407 e. The van der Waals surface area contributed by atoms with Gasteiger partial charge in [-0.1, -0.05) is 27.7 Å². The van der Waals surface area contributed by atoms with Gasteiger partial charge in [-0.05, 0) is 57.8 Å². The van der Waals surface area contributed by atoms with Gasteiger partial charge in [0.1, 0.15) is 19.1 Å². The van der Waals surface area contributed by atoms with Crippen LogP contribution in [0.3, 0.4) is 0 Å². The minimum Gasteiger partial charge on any atom is -0.453 e. The molecule has 20 nitrogen and oxygen atoms in total. The summed E-state index contributed by atoms with van der Waals surface area (Å²) in [6, 6.07) is -1.85. The van der Waals surface area contributed by atoms with Crippen LogP contribution in [0.25, 0.3) is 0 Å². The van der Waals surface area contributed by atoms with Gasteiger partial charge in [0.15, 0.2) is 0 Å². The summed E-state index contributed by atoms with van der Waals surface area (Å²) in [6.07, 6.45) is 2.73. The van der Waals surface area contributed by atoms with E-state index in [1.807, 2.05) is 27.7 Å². The Kier molecular flexibility index (Phi) is 27.1. The third-order valence-electron chi connectivity index (χ3n) is 8.07. The van der Waals surface area contributed by atoms with Crippen molar-refractivity contribution in [1.82, 2.24) is 42.1 Å². The minimum atomic E-state index is -0.993. The van der Waals surface area contributed by atoms with Gasteiger partial charge in [0.05, 0.1) is 26.3 Å². The molecular weight excluding hydrogens is 720 g/mol. The molecule has 316 valence electrons. The number of hydrogen-bond acceptors (Lipinski definition) is 12. The Morgan fingerprint density at radius 2 is 0.964 bits per heavy atom. The Bertz CT molecular complexity index is 1170. The zero-order valence-corrected chi connectivity index (χ0v) is 33.4. The van der Waals surface area contributed by atoms with Crippen molar-refractivity contribution in [3.63, 3.8) is 0 Å². The molecule has 2 unspecified atom stereocenters. The number of rotatable bonds is 30. The smallest absolute Gasteiger partial charge is 0.407 e. The Hall–Kier alpha value is -4.72. The molecule has 11 N–H and O–H groups in total. The number of nitrogens with zero attached hydrogens (tertiary/aromatic N) is 1. The fourth-order valence-electron chi connectivity index (χ4n) is 5.29. The first kappa shape index (κ1) is 50.3. The van der Waals surface area contributed by atoms with Crippen LogP contribution < -0.4 is 48.7 Å². The fraction of sp³-hybridized carbons (Fsp3) is 0.771. The van der Waals surface area contributed by atoms with Crippen molar-refractivity contribution in [3.05, 3.63) is 0 Å². The van der Waals surface area contributed by atoms with Crippen LogP contribution in [0.4, 0.5) is 9.59 Å². The van der Waals surface area contributed by atoms with E-state index in [1.165, 1.54) is 7.11 Å². The molecule has 0 bridgehead atoms. The molecule has 0 saturated heterocycles. The van der Waals surface area contributed by atoms with Gasteiger partial charge in [-0.3, -0.25) is 28.8 Å². The van der Waals surface area contributed by atoms with Crippen molar-refractivity contribution in [2.24, 2.45) is 11.5 Å². The molecule has 55 heavy (non-hydrogen) atoms. The van der Waals surface area contributed by atoms with E-state index in [-0.39, 0.29) is 44.6 Å². The number of ether oxygens (including phenoxy) is 2. The monoisotopic (exact) mass is 786 g/mol. The molecule has 0 saturated carbocycles. The first-order valence-electron chi connectivity index (χ1n) is 18.9. The number of primary amides is 2. The second-order valence-corrected chi connectivity index (χ2v) is 13.6. The van der Waals surface area contributed by atoms with E-state index in [1.54, 1.807) is 0 Å². The molecule has 0 aromatic rings. The van der Waals surface area contributed by atoms with Crippen LogP contribution in [-0.4, -0.2) is 136 Å². The molecule has 20 heteroatoms. The molecule has 0 aliphatic carbocycles. The standard InChI is InChI=1S/C35H66N10O10/c1-23(2)42-25(31(36)49)13-7-10-17-38-28(46)21-45(22-29(47)39-18-11-8-14-26(32(37)50)43-24(3)4)30(48)16-20-40-33(51)27(44-35(53)55-6)15-9-12-19-41-34(52)54-5/h23-27,42-43H,7-22H2,1-6H3,(H2,36,49)(H2,37,50)(H,38,46)(H,39,47)(H,40,51)(H,41,52)(H,44,53)/t25?,26?,27-/m0/s1. The number of carbonyl (C=O) groups is 8. The Morgan fingerprint density at radius 3 is 1.36 bits per heavy atom. The van der Waals surface area contributed by atoms with Gasteiger partial charge in [-0.25, -0.2) is 9.59 Å². The highest BCUT2D eigenvalue weighted by Gasteiger charge is 2.24. The average Bonchev–Trinajstić information content (AvgIpc) is 3.11. The summed E-state index contributed by atoms with van der Waals surface area (Å²) in [7, 11) is 2.39. The Morgan fingerprint density at radius 1 is 0.545 bits per heavy atom. The van der Waals surface area contributed by atoms with Gasteiger partial charge in [0.2, 0.25) is 35.4 Å². The summed E-state index contributed by atoms with van der Waals surface area (Å²) in [5.41, 5.74) is 10.9. The van der Waals surface area contributed by atoms with Crippen LogP contribution in [0.2, 0.25) is 0 Å². The van der Waals surface area contributed by atoms with Crippen molar-refractivity contribution in [3.8, 4) is 0 Å². The summed E-state index contributed by atoms with van der Waals surface area (Å²) in [5.74, 6) is -3.08. The lowest BCUT2D eigenvalue weighted by atomic mass is 10.1. The number of hydrogen-bond donors (Lipinski definition) is 9. The maximum atomic E-state index is 13.3. The largest absolute Gasteiger partial charge is 0.453 e. The Labute approximate surface area is 324 Å². The summed E-state index contributed by atoms with van der Waals surface area (Å²) in [6.45, 7) is 7.44. The van der Waals surface area contributed by atoms with Crippen molar-refractivity contribution in [1.29, 1.82) is 0 Å². The third-order valence-corrected chi connectivity index (χ3v) is 8.07. The first-order chi connectivity index (χ1) is 26.0. The van der Waals surface area contributed by atoms with Crippen LogP contribution >= 0.6 is 0 Å². The van der Waals surface area contributed by atoms with Gasteiger partial charge in [0, 0.05) is 44.7 Å². The molecule has 8 amide bonds. The van der Waals surface area contributed by atoms with E-state index in [0.717, 1.165) is 12.0 Å². The number of amides is 8. The topological polar surface area (TPSA) is 295 Å². The lowest BCUT2D eigenvalue weighted by molar-refractivity contribution is -0.139. The fourth-order valence-corrected chi connectivity index (χ4v) is 5.29. The molecule has 0 aromatic carbocycles. The molecule has 0 rings (SSSR count). The predicted octanol–water partition coefficient (Wildman–Crippen LogP) is -1.15. The number of nitrogens with one attached hydrogen (secondary N) is 7. The number of carbonyl (C=O) groups excluding carboxylic acids is 8. The van der Waals surface area contributed by atoms with E-state index >= 15 is 0 Å². The maximum absolute atomic E-state index is 13.3. The second-order valence-electron chi connectivity index (χ2n) is 13.6. The highest BCUT2D eigenvalue weighted by atomic mass is 16.5. The first-order valence-corrected chi connectivity index (χ1v) is 18.9. The number of nitrogens with two attached hydrogens (primary N) is 2. The van der Waals surface area contributed by atoms with Gasteiger partial charge in [-0.15, -0.1) is 0 Å². The lowest BCUT2D eigenvalue weighted by Crippen LogP contribution is -2.49. The molecule has 0 aliphatic heterocycles. The van der Waals surface area contributed by atoms with Crippen molar-refractivity contribution in [2.45, 2.75) is 122 Å². The molecule has 0 aliphatic rings. The Balaban J connectivity index is 5.31. The van der Waals surface area contributed by atoms with Crippen LogP contribution in [-0.2, 0) is 38.2 Å². The normalized spacial score (nSPS) is 12.5.